The van der Waals surface area contributed by atoms with Gasteiger partial charge in [0, 0.05) is 6.54 Å². The Kier molecular flexibility index (Phi) is 6.31. The molecule has 0 spiro atoms. The highest BCUT2D eigenvalue weighted by Gasteiger charge is 2.04. The van der Waals surface area contributed by atoms with Crippen LogP contribution in [0.1, 0.15) is 18.4 Å². The summed E-state index contributed by atoms with van der Waals surface area (Å²) in [5, 5.41) is 7.39. The lowest BCUT2D eigenvalue weighted by atomic mass is 10.2. The minimum absolute atomic E-state index is 0.0757. The van der Waals surface area contributed by atoms with Crippen LogP contribution in [-0.2, 0) is 21.4 Å². The SMILES string of the molecule is NS(=O)(=O)CCCCNC(=O)OCc1ccccc1. The number of rotatable bonds is 7. The van der Waals surface area contributed by atoms with E-state index in [0.717, 1.165) is 5.56 Å². The topological polar surface area (TPSA) is 98.5 Å². The number of nitrogens with two attached hydrogens (primary N) is 1. The molecule has 1 rings (SSSR count). The number of sulfonamides is 1. The number of hydrogen-bond acceptors (Lipinski definition) is 4. The number of amides is 1. The lowest BCUT2D eigenvalue weighted by Crippen LogP contribution is -2.26. The normalized spacial score (nSPS) is 11.0. The first-order valence-electron chi connectivity index (χ1n) is 5.92. The molecule has 0 aliphatic heterocycles. The summed E-state index contributed by atoms with van der Waals surface area (Å²) in [6, 6.07) is 9.33. The zero-order valence-electron chi connectivity index (χ0n) is 10.5. The molecule has 0 saturated carbocycles. The number of hydrogen-bond donors (Lipinski definition) is 2. The number of benzene rings is 1. The number of carbonyl (C=O) groups excluding carboxylic acids is 1. The third kappa shape index (κ3) is 8.17. The number of alkyl carbamates (subject to hydrolysis) is 1. The molecule has 0 saturated heterocycles. The van der Waals surface area contributed by atoms with E-state index in [4.69, 9.17) is 9.88 Å². The van der Waals surface area contributed by atoms with E-state index in [1.807, 2.05) is 30.3 Å². The molecule has 0 aromatic heterocycles. The zero-order valence-corrected chi connectivity index (χ0v) is 11.4. The quantitative estimate of drug-likeness (QED) is 0.730. The van der Waals surface area contributed by atoms with Gasteiger partial charge >= 0.3 is 6.09 Å². The molecule has 0 bridgehead atoms. The van der Waals surface area contributed by atoms with E-state index in [9.17, 15) is 13.2 Å². The molecular formula is C12H18N2O4S. The highest BCUT2D eigenvalue weighted by atomic mass is 32.2. The lowest BCUT2D eigenvalue weighted by Gasteiger charge is -2.06. The van der Waals surface area contributed by atoms with Crippen molar-refractivity contribution in [1.29, 1.82) is 0 Å². The summed E-state index contributed by atoms with van der Waals surface area (Å²) in [4.78, 5) is 11.3. The van der Waals surface area contributed by atoms with E-state index in [1.165, 1.54) is 0 Å². The van der Waals surface area contributed by atoms with Crippen LogP contribution >= 0.6 is 0 Å². The van der Waals surface area contributed by atoms with Gasteiger partial charge in [-0.1, -0.05) is 30.3 Å². The van der Waals surface area contributed by atoms with Crippen LogP contribution in [0.4, 0.5) is 4.79 Å². The molecule has 6 nitrogen and oxygen atoms in total. The fourth-order valence-corrected chi connectivity index (χ4v) is 2.00. The molecule has 0 radical (unpaired) electrons. The van der Waals surface area contributed by atoms with Gasteiger partial charge in [0.25, 0.3) is 0 Å². The lowest BCUT2D eigenvalue weighted by molar-refractivity contribution is 0.139. The van der Waals surface area contributed by atoms with E-state index in [0.29, 0.717) is 19.4 Å². The molecule has 1 aromatic carbocycles. The molecule has 0 aliphatic rings. The average Bonchev–Trinajstić information content (AvgIpc) is 2.36. The van der Waals surface area contributed by atoms with Crippen molar-refractivity contribution < 1.29 is 17.9 Å². The maximum Gasteiger partial charge on any atom is 0.407 e. The first-order valence-corrected chi connectivity index (χ1v) is 7.64. The molecule has 0 heterocycles. The predicted octanol–water partition coefficient (Wildman–Crippen LogP) is 0.981. The number of ether oxygens (including phenoxy) is 1. The molecule has 0 aliphatic carbocycles. The second-order valence-corrected chi connectivity index (χ2v) is 5.80. The van der Waals surface area contributed by atoms with Gasteiger partial charge in [-0.05, 0) is 18.4 Å². The van der Waals surface area contributed by atoms with Gasteiger partial charge in [-0.25, -0.2) is 18.4 Å². The molecule has 7 heteroatoms. The molecule has 0 atom stereocenters. The highest BCUT2D eigenvalue weighted by Crippen LogP contribution is 2.00. The van der Waals surface area contributed by atoms with Crippen LogP contribution in [0.3, 0.4) is 0 Å². The monoisotopic (exact) mass is 286 g/mol. The Bertz CT molecular complexity index is 488. The molecule has 1 amide bonds. The van der Waals surface area contributed by atoms with Crippen molar-refractivity contribution >= 4 is 16.1 Å². The third-order valence-electron chi connectivity index (χ3n) is 2.34. The fourth-order valence-electron chi connectivity index (χ4n) is 1.39. The van der Waals surface area contributed by atoms with Crippen LogP contribution in [0.15, 0.2) is 30.3 Å². The van der Waals surface area contributed by atoms with Gasteiger partial charge in [-0.3, -0.25) is 0 Å². The molecular weight excluding hydrogens is 268 g/mol. The zero-order chi connectivity index (χ0) is 14.1. The summed E-state index contributed by atoms with van der Waals surface area (Å²) in [6.07, 6.45) is 0.439. The van der Waals surface area contributed by atoms with E-state index in [1.54, 1.807) is 0 Å². The largest absolute Gasteiger partial charge is 0.445 e. The van der Waals surface area contributed by atoms with Gasteiger partial charge in [0.15, 0.2) is 0 Å². The van der Waals surface area contributed by atoms with Gasteiger partial charge < -0.3 is 10.1 Å². The standard InChI is InChI=1S/C12H18N2O4S/c13-19(16,17)9-5-4-8-14-12(15)18-10-11-6-2-1-3-7-11/h1-3,6-7H,4-5,8-10H2,(H,14,15)(H2,13,16,17). The minimum atomic E-state index is -3.42. The Balaban J connectivity index is 2.09. The van der Waals surface area contributed by atoms with Gasteiger partial charge in [0.05, 0.1) is 5.75 Å². The Morgan fingerprint density at radius 3 is 2.53 bits per heavy atom. The van der Waals surface area contributed by atoms with E-state index < -0.39 is 16.1 Å². The smallest absolute Gasteiger partial charge is 0.407 e. The third-order valence-corrected chi connectivity index (χ3v) is 3.20. The molecule has 3 N–H and O–H groups in total. The van der Waals surface area contributed by atoms with Crippen LogP contribution in [0.2, 0.25) is 0 Å². The van der Waals surface area contributed by atoms with Crippen molar-refractivity contribution in [3.8, 4) is 0 Å². The second kappa shape index (κ2) is 7.75. The molecule has 19 heavy (non-hydrogen) atoms. The number of carbonyl (C=O) groups is 1. The maximum absolute atomic E-state index is 11.3. The summed E-state index contributed by atoms with van der Waals surface area (Å²) in [7, 11) is -3.42. The van der Waals surface area contributed by atoms with Gasteiger partial charge in [0.1, 0.15) is 6.61 Å². The van der Waals surface area contributed by atoms with Crippen molar-refractivity contribution in [1.82, 2.24) is 5.32 Å². The molecule has 0 fully saturated rings. The Labute approximate surface area is 113 Å². The molecule has 106 valence electrons. The van der Waals surface area contributed by atoms with E-state index in [-0.39, 0.29) is 12.4 Å². The van der Waals surface area contributed by atoms with Crippen molar-refractivity contribution in [2.45, 2.75) is 19.4 Å². The van der Waals surface area contributed by atoms with Crippen LogP contribution in [0, 0.1) is 0 Å². The summed E-state index contributed by atoms with van der Waals surface area (Å²) in [5.41, 5.74) is 0.909. The summed E-state index contributed by atoms with van der Waals surface area (Å²) >= 11 is 0. The number of nitrogens with one attached hydrogen (secondary N) is 1. The first kappa shape index (κ1) is 15.5. The van der Waals surface area contributed by atoms with Crippen molar-refractivity contribution in [2.24, 2.45) is 5.14 Å². The first-order chi connectivity index (χ1) is 8.97. The van der Waals surface area contributed by atoms with E-state index in [2.05, 4.69) is 5.32 Å². The second-order valence-electron chi connectivity index (χ2n) is 4.06. The number of primary sulfonamides is 1. The molecule has 0 unspecified atom stereocenters. The summed E-state index contributed by atoms with van der Waals surface area (Å²) < 4.78 is 26.3. The van der Waals surface area contributed by atoms with Crippen molar-refractivity contribution in [2.75, 3.05) is 12.3 Å². The average molecular weight is 286 g/mol. The van der Waals surface area contributed by atoms with Gasteiger partial charge in [-0.2, -0.15) is 0 Å². The van der Waals surface area contributed by atoms with Gasteiger partial charge in [-0.15, -0.1) is 0 Å². The minimum Gasteiger partial charge on any atom is -0.445 e. The Morgan fingerprint density at radius 1 is 1.21 bits per heavy atom. The Morgan fingerprint density at radius 2 is 1.89 bits per heavy atom. The van der Waals surface area contributed by atoms with Crippen LogP contribution in [0.25, 0.3) is 0 Å². The van der Waals surface area contributed by atoms with Crippen LogP contribution in [0.5, 0.6) is 0 Å². The summed E-state index contributed by atoms with van der Waals surface area (Å²) in [5.74, 6) is -0.0757. The van der Waals surface area contributed by atoms with Crippen LogP contribution < -0.4 is 10.5 Å². The maximum atomic E-state index is 11.3. The molecule has 1 aromatic rings. The van der Waals surface area contributed by atoms with Gasteiger partial charge in [0.2, 0.25) is 10.0 Å². The fraction of sp³-hybridized carbons (Fsp3) is 0.417. The van der Waals surface area contributed by atoms with Crippen molar-refractivity contribution in [3.63, 3.8) is 0 Å². The Hall–Kier alpha value is -1.60. The predicted molar refractivity (Wildman–Crippen MR) is 71.8 cm³/mol. The van der Waals surface area contributed by atoms with Crippen LogP contribution in [-0.4, -0.2) is 26.8 Å². The summed E-state index contributed by atoms with van der Waals surface area (Å²) in [6.45, 7) is 0.576. The highest BCUT2D eigenvalue weighted by molar-refractivity contribution is 7.89. The number of unbranched alkanes of at least 4 members (excludes halogenated alkanes) is 1. The van der Waals surface area contributed by atoms with E-state index >= 15 is 0 Å². The van der Waals surface area contributed by atoms with Crippen molar-refractivity contribution in [3.05, 3.63) is 35.9 Å².